The van der Waals surface area contributed by atoms with Crippen LogP contribution in [0.5, 0.6) is 0 Å². The van der Waals surface area contributed by atoms with Crippen LogP contribution in [0.2, 0.25) is 0 Å². The molecule has 10 heteroatoms. The molecule has 1 atom stereocenters. The number of rotatable bonds is 9. The summed E-state index contributed by atoms with van der Waals surface area (Å²) in [6, 6.07) is 13.9. The van der Waals surface area contributed by atoms with Gasteiger partial charge in [0.1, 0.15) is 18.0 Å². The zero-order chi connectivity index (χ0) is 27.4. The van der Waals surface area contributed by atoms with Crippen LogP contribution in [0, 0.1) is 5.92 Å². The second-order valence-corrected chi connectivity index (χ2v) is 10.7. The molecule has 0 saturated carbocycles. The van der Waals surface area contributed by atoms with Crippen LogP contribution in [0.3, 0.4) is 0 Å². The summed E-state index contributed by atoms with van der Waals surface area (Å²) in [7, 11) is 0. The van der Waals surface area contributed by atoms with E-state index in [1.807, 2.05) is 12.1 Å². The predicted molar refractivity (Wildman–Crippen MR) is 152 cm³/mol. The fourth-order valence-corrected chi connectivity index (χ4v) is 5.24. The minimum Gasteiger partial charge on any atom is -0.367 e. The smallest absolute Gasteiger partial charge is 0.255 e. The first-order valence-corrected chi connectivity index (χ1v) is 13.5. The van der Waals surface area contributed by atoms with Crippen LogP contribution in [0.25, 0.3) is 21.3 Å². The monoisotopic (exact) mass is 546 g/mol. The summed E-state index contributed by atoms with van der Waals surface area (Å²) in [4.78, 5) is 28.2. The van der Waals surface area contributed by atoms with Gasteiger partial charge in [-0.25, -0.2) is 23.7 Å². The number of nitrogens with one attached hydrogen (secondary N) is 3. The molecule has 1 aliphatic carbocycles. The van der Waals surface area contributed by atoms with E-state index < -0.39 is 11.7 Å². The Morgan fingerprint density at radius 1 is 1.08 bits per heavy atom. The summed E-state index contributed by atoms with van der Waals surface area (Å²) in [5.74, 6) is -1.10. The Morgan fingerprint density at radius 2 is 1.95 bits per heavy atom. The first-order valence-electron chi connectivity index (χ1n) is 12.7. The van der Waals surface area contributed by atoms with Crippen LogP contribution in [0.15, 0.2) is 78.8 Å². The highest BCUT2D eigenvalue weighted by Crippen LogP contribution is 2.32. The van der Waals surface area contributed by atoms with Gasteiger partial charge in [0.2, 0.25) is 0 Å². The molecule has 4 aromatic rings. The maximum atomic E-state index is 13.5. The van der Waals surface area contributed by atoms with Crippen LogP contribution in [0.4, 0.5) is 20.4 Å². The lowest BCUT2D eigenvalue weighted by Crippen LogP contribution is -2.30. The molecule has 3 N–H and O–H groups in total. The summed E-state index contributed by atoms with van der Waals surface area (Å²) in [6.45, 7) is 4.83. The topological polar surface area (TPSA) is 91.8 Å². The zero-order valence-electron chi connectivity index (χ0n) is 21.5. The number of carbonyl (C=O) groups excluding carboxylic acids is 1. The Bertz CT molecular complexity index is 1560. The van der Waals surface area contributed by atoms with E-state index in [9.17, 15) is 13.6 Å². The van der Waals surface area contributed by atoms with E-state index in [0.29, 0.717) is 24.3 Å². The number of nitrogens with zero attached hydrogens (tertiary/aromatic N) is 3. The number of pyridine rings is 1. The summed E-state index contributed by atoms with van der Waals surface area (Å²) >= 11 is 1.65. The van der Waals surface area contributed by atoms with Gasteiger partial charge in [-0.1, -0.05) is 6.07 Å². The molecule has 7 nitrogen and oxygen atoms in total. The second kappa shape index (κ2) is 11.7. The van der Waals surface area contributed by atoms with Gasteiger partial charge in [-0.3, -0.25) is 4.79 Å². The molecule has 1 aromatic carbocycles. The summed E-state index contributed by atoms with van der Waals surface area (Å²) in [5, 5.41) is 10.4. The van der Waals surface area contributed by atoms with Crippen molar-refractivity contribution < 1.29 is 13.6 Å². The maximum Gasteiger partial charge on any atom is 0.255 e. The molecule has 0 saturated heterocycles. The first kappa shape index (κ1) is 26.4. The number of allylic oxidation sites excluding steroid dienone is 3. The van der Waals surface area contributed by atoms with E-state index in [0.717, 1.165) is 32.0 Å². The van der Waals surface area contributed by atoms with Crippen molar-refractivity contribution in [3.05, 3.63) is 89.2 Å². The largest absolute Gasteiger partial charge is 0.367 e. The Labute approximate surface area is 229 Å². The van der Waals surface area contributed by atoms with Crippen molar-refractivity contribution in [3.8, 4) is 10.4 Å². The molecule has 3 heterocycles. The number of anilines is 2. The van der Waals surface area contributed by atoms with Crippen molar-refractivity contribution in [1.29, 1.82) is 0 Å². The van der Waals surface area contributed by atoms with E-state index in [1.54, 1.807) is 36.0 Å². The Kier molecular flexibility index (Phi) is 7.92. The van der Waals surface area contributed by atoms with Gasteiger partial charge >= 0.3 is 0 Å². The molecule has 0 radical (unpaired) electrons. The molecular weight excluding hydrogens is 518 g/mol. The fraction of sp³-hybridized carbons (Fsp3) is 0.241. The third kappa shape index (κ3) is 6.28. The lowest BCUT2D eigenvalue weighted by atomic mass is 9.99. The normalized spacial score (nSPS) is 15.2. The summed E-state index contributed by atoms with van der Waals surface area (Å²) in [6.07, 6.45) is 5.92. The van der Waals surface area contributed by atoms with E-state index in [1.165, 1.54) is 12.2 Å². The van der Waals surface area contributed by atoms with Crippen molar-refractivity contribution in [1.82, 2.24) is 20.3 Å². The summed E-state index contributed by atoms with van der Waals surface area (Å²) in [5.41, 5.74) is 2.33. The zero-order valence-corrected chi connectivity index (χ0v) is 22.4. The van der Waals surface area contributed by atoms with Crippen LogP contribution >= 0.6 is 11.3 Å². The van der Waals surface area contributed by atoms with Gasteiger partial charge in [0.25, 0.3) is 5.91 Å². The quantitative estimate of drug-likeness (QED) is 0.218. The van der Waals surface area contributed by atoms with E-state index >= 15 is 0 Å². The molecule has 1 aliphatic rings. The minimum atomic E-state index is -0.885. The molecule has 0 aliphatic heterocycles. The minimum absolute atomic E-state index is 0.198. The molecule has 5 rings (SSSR count). The van der Waals surface area contributed by atoms with Crippen LogP contribution in [-0.4, -0.2) is 33.4 Å². The average Bonchev–Trinajstić information content (AvgIpc) is 3.41. The maximum absolute atomic E-state index is 13.5. The highest BCUT2D eigenvalue weighted by molar-refractivity contribution is 7.15. The molecule has 1 unspecified atom stereocenters. The van der Waals surface area contributed by atoms with Gasteiger partial charge in [0, 0.05) is 39.8 Å². The highest BCUT2D eigenvalue weighted by atomic mass is 32.1. The Hall–Kier alpha value is -4.18. The van der Waals surface area contributed by atoms with Crippen molar-refractivity contribution in [2.75, 3.05) is 17.2 Å². The molecule has 0 spiro atoms. The molecule has 0 bridgehead atoms. The highest BCUT2D eigenvalue weighted by Gasteiger charge is 2.18. The molecule has 0 fully saturated rings. The third-order valence-corrected chi connectivity index (χ3v) is 7.36. The SMILES string of the molecule is CC(C)Nc1ncnc2ccc(-c3ccc(CNc4ncccc4C(=O)NCC4C=C(F)C(F)=CC4)s3)cc12. The number of amides is 1. The molecule has 200 valence electrons. The Balaban J connectivity index is 1.25. The third-order valence-electron chi connectivity index (χ3n) is 6.22. The van der Waals surface area contributed by atoms with Crippen LogP contribution in [-0.2, 0) is 6.54 Å². The molecular formula is C29H28F2N6OS. The number of aromatic nitrogens is 3. The molecule has 39 heavy (non-hydrogen) atoms. The predicted octanol–water partition coefficient (Wildman–Crippen LogP) is 6.64. The number of benzene rings is 1. The number of carbonyl (C=O) groups is 1. The van der Waals surface area contributed by atoms with Gasteiger partial charge in [0.05, 0.1) is 17.6 Å². The number of halogens is 2. The van der Waals surface area contributed by atoms with Gasteiger partial charge in [-0.2, -0.15) is 0 Å². The van der Waals surface area contributed by atoms with E-state index in [2.05, 4.69) is 62.9 Å². The van der Waals surface area contributed by atoms with Crippen LogP contribution in [0.1, 0.15) is 35.5 Å². The van der Waals surface area contributed by atoms with Crippen molar-refractivity contribution >= 4 is 39.8 Å². The lowest BCUT2D eigenvalue weighted by Gasteiger charge is -2.16. The summed E-state index contributed by atoms with van der Waals surface area (Å²) < 4.78 is 26.7. The van der Waals surface area contributed by atoms with Crippen molar-refractivity contribution in [2.24, 2.45) is 5.92 Å². The average molecular weight is 547 g/mol. The van der Waals surface area contributed by atoms with Gasteiger partial charge in [-0.15, -0.1) is 11.3 Å². The second-order valence-electron chi connectivity index (χ2n) is 9.54. The molecule has 3 aromatic heterocycles. The van der Waals surface area contributed by atoms with E-state index in [-0.39, 0.29) is 24.4 Å². The standard InChI is InChI=1S/C29H28F2N6OS/c1-17(2)37-28-22-13-19(6-9-25(22)35-16-36-28)26-10-7-20(39-26)15-33-27-21(4-3-11-32-27)29(38)34-14-18-5-8-23(30)24(31)12-18/h3-4,6-13,16-18H,5,14-15H2,1-2H3,(H,32,33)(H,34,38)(H,35,36,37). The van der Waals surface area contributed by atoms with Crippen LogP contribution < -0.4 is 16.0 Å². The first-order chi connectivity index (χ1) is 18.9. The number of fused-ring (bicyclic) bond motifs is 1. The van der Waals surface area contributed by atoms with Gasteiger partial charge in [0.15, 0.2) is 11.7 Å². The van der Waals surface area contributed by atoms with Gasteiger partial charge < -0.3 is 16.0 Å². The molecule has 1 amide bonds. The van der Waals surface area contributed by atoms with Crippen molar-refractivity contribution in [2.45, 2.75) is 32.9 Å². The number of hydrogen-bond donors (Lipinski definition) is 3. The van der Waals surface area contributed by atoms with E-state index in [4.69, 9.17) is 0 Å². The van der Waals surface area contributed by atoms with Gasteiger partial charge in [-0.05, 0) is 74.4 Å². The number of thiophene rings is 1. The van der Waals surface area contributed by atoms with Crippen molar-refractivity contribution in [3.63, 3.8) is 0 Å². The lowest BCUT2D eigenvalue weighted by molar-refractivity contribution is 0.0950. The Morgan fingerprint density at radius 3 is 2.77 bits per heavy atom. The number of hydrogen-bond acceptors (Lipinski definition) is 7. The fourth-order valence-electron chi connectivity index (χ4n) is 4.29.